The highest BCUT2D eigenvalue weighted by Crippen LogP contribution is 2.28. The van der Waals surface area contributed by atoms with Crippen LogP contribution in [0.4, 0.5) is 11.4 Å². The number of aromatic carboxylic acids is 1. The standard InChI is InChI=1S/C8H6ClNO4.C8H7NO5/c1-14-7-3-2-5(8(9)11)4-6(7)10(12)13;1-14-7-3-2-5(8(10)11)4-6(7)9(12)13/h2-4H,1H3;2-4H,1H3,(H,10,11). The van der Waals surface area contributed by atoms with E-state index < -0.39 is 21.1 Å². The van der Waals surface area contributed by atoms with Gasteiger partial charge in [-0.3, -0.25) is 25.0 Å². The van der Waals surface area contributed by atoms with Gasteiger partial charge in [-0.1, -0.05) is 0 Å². The van der Waals surface area contributed by atoms with Crippen LogP contribution in [-0.4, -0.2) is 40.4 Å². The molecule has 2 aromatic rings. The number of hydrogen-bond acceptors (Lipinski definition) is 8. The lowest BCUT2D eigenvalue weighted by molar-refractivity contribution is -0.385. The fourth-order valence-electron chi connectivity index (χ4n) is 1.92. The molecule has 28 heavy (non-hydrogen) atoms. The quantitative estimate of drug-likeness (QED) is 0.426. The van der Waals surface area contributed by atoms with Crippen LogP contribution in [0.25, 0.3) is 0 Å². The van der Waals surface area contributed by atoms with Crippen LogP contribution in [0.5, 0.6) is 11.5 Å². The molecule has 0 saturated heterocycles. The van der Waals surface area contributed by atoms with Crippen molar-refractivity contribution in [2.24, 2.45) is 0 Å². The normalized spacial score (nSPS) is 9.54. The molecule has 0 fully saturated rings. The van der Waals surface area contributed by atoms with E-state index >= 15 is 0 Å². The summed E-state index contributed by atoms with van der Waals surface area (Å²) >= 11 is 5.17. The van der Waals surface area contributed by atoms with Crippen molar-refractivity contribution in [3.05, 3.63) is 67.8 Å². The fraction of sp³-hybridized carbons (Fsp3) is 0.125. The average molecular weight is 413 g/mol. The summed E-state index contributed by atoms with van der Waals surface area (Å²) in [5.74, 6) is -1.08. The summed E-state index contributed by atoms with van der Waals surface area (Å²) in [6, 6.07) is 7.22. The minimum absolute atomic E-state index is 0.0417. The van der Waals surface area contributed by atoms with Gasteiger partial charge >= 0.3 is 17.3 Å². The molecule has 0 heterocycles. The van der Waals surface area contributed by atoms with Gasteiger partial charge in [-0.05, 0) is 35.9 Å². The molecule has 0 aliphatic carbocycles. The summed E-state index contributed by atoms with van der Waals surface area (Å²) in [4.78, 5) is 40.9. The first-order valence-electron chi connectivity index (χ1n) is 7.20. The molecule has 0 aliphatic heterocycles. The molecule has 0 aliphatic rings. The number of nitrogens with zero attached hydrogens (tertiary/aromatic N) is 2. The van der Waals surface area contributed by atoms with Gasteiger partial charge in [-0.25, -0.2) is 4.79 Å². The highest BCUT2D eigenvalue weighted by atomic mass is 35.5. The van der Waals surface area contributed by atoms with Crippen LogP contribution in [0, 0.1) is 20.2 Å². The van der Waals surface area contributed by atoms with Crippen LogP contribution in [-0.2, 0) is 0 Å². The fourth-order valence-corrected chi connectivity index (χ4v) is 2.04. The number of carboxylic acids is 1. The lowest BCUT2D eigenvalue weighted by Crippen LogP contribution is -1.99. The molecular weight excluding hydrogens is 400 g/mol. The number of ether oxygens (including phenoxy) is 2. The van der Waals surface area contributed by atoms with E-state index in [1.54, 1.807) is 0 Å². The number of rotatable bonds is 6. The summed E-state index contributed by atoms with van der Waals surface area (Å²) in [5, 5.41) is 28.9. The number of nitro groups is 2. The zero-order valence-electron chi connectivity index (χ0n) is 14.4. The molecule has 0 unspecified atom stereocenters. The molecule has 148 valence electrons. The van der Waals surface area contributed by atoms with Crippen LogP contribution >= 0.6 is 11.6 Å². The Morgan fingerprint density at radius 3 is 1.61 bits per heavy atom. The molecule has 0 atom stereocenters. The maximum atomic E-state index is 10.7. The molecule has 2 rings (SSSR count). The average Bonchev–Trinajstić information content (AvgIpc) is 2.66. The van der Waals surface area contributed by atoms with Crippen LogP contribution in [0.1, 0.15) is 20.7 Å². The molecule has 12 heteroatoms. The summed E-state index contributed by atoms with van der Waals surface area (Å²) in [6.45, 7) is 0. The van der Waals surface area contributed by atoms with Gasteiger partial charge in [0.1, 0.15) is 0 Å². The molecule has 0 radical (unpaired) electrons. The zero-order valence-corrected chi connectivity index (χ0v) is 15.2. The van der Waals surface area contributed by atoms with E-state index in [-0.39, 0.29) is 34.0 Å². The molecule has 2 aromatic carbocycles. The first-order chi connectivity index (χ1) is 13.1. The summed E-state index contributed by atoms with van der Waals surface area (Å²) in [6.07, 6.45) is 0. The lowest BCUT2D eigenvalue weighted by atomic mass is 10.2. The van der Waals surface area contributed by atoms with Gasteiger partial charge in [0.25, 0.3) is 5.24 Å². The van der Waals surface area contributed by atoms with E-state index in [0.29, 0.717) is 0 Å². The summed E-state index contributed by atoms with van der Waals surface area (Å²) < 4.78 is 9.45. The van der Waals surface area contributed by atoms with Crippen molar-refractivity contribution in [2.75, 3.05) is 14.2 Å². The Kier molecular flexibility index (Phi) is 7.83. The Morgan fingerprint density at radius 2 is 1.29 bits per heavy atom. The molecule has 0 bridgehead atoms. The predicted octanol–water partition coefficient (Wildman–Crippen LogP) is 3.28. The van der Waals surface area contributed by atoms with Crippen molar-refractivity contribution in [1.82, 2.24) is 0 Å². The topological polar surface area (TPSA) is 159 Å². The molecule has 1 N–H and O–H groups in total. The zero-order chi connectivity index (χ0) is 21.4. The number of benzene rings is 2. The van der Waals surface area contributed by atoms with Gasteiger partial charge in [0.05, 0.1) is 29.6 Å². The SMILES string of the molecule is COc1ccc(C(=O)Cl)cc1[N+](=O)[O-].COc1ccc(C(=O)O)cc1[N+](=O)[O-]. The number of carbonyl (C=O) groups is 2. The van der Waals surface area contributed by atoms with Gasteiger partial charge in [0.2, 0.25) is 0 Å². The smallest absolute Gasteiger partial charge is 0.335 e. The number of nitro benzene ring substituents is 2. The monoisotopic (exact) mass is 412 g/mol. The van der Waals surface area contributed by atoms with Gasteiger partial charge in [-0.15, -0.1) is 0 Å². The molecule has 0 amide bonds. The van der Waals surface area contributed by atoms with Crippen molar-refractivity contribution in [2.45, 2.75) is 0 Å². The molecule has 0 spiro atoms. The van der Waals surface area contributed by atoms with Gasteiger partial charge in [-0.2, -0.15) is 0 Å². The molecule has 0 aromatic heterocycles. The minimum atomic E-state index is -1.21. The van der Waals surface area contributed by atoms with Crippen LogP contribution < -0.4 is 9.47 Å². The summed E-state index contributed by atoms with van der Waals surface area (Å²) in [7, 11) is 2.59. The second kappa shape index (κ2) is 9.83. The lowest BCUT2D eigenvalue weighted by Gasteiger charge is -2.01. The third-order valence-corrected chi connectivity index (χ3v) is 3.44. The van der Waals surface area contributed by atoms with E-state index in [2.05, 4.69) is 0 Å². The predicted molar refractivity (Wildman–Crippen MR) is 96.4 cm³/mol. The van der Waals surface area contributed by atoms with Crippen LogP contribution in [0.15, 0.2) is 36.4 Å². The van der Waals surface area contributed by atoms with Gasteiger partial charge in [0.15, 0.2) is 11.5 Å². The van der Waals surface area contributed by atoms with Gasteiger partial charge in [0, 0.05) is 17.7 Å². The van der Waals surface area contributed by atoms with Crippen molar-refractivity contribution >= 4 is 34.2 Å². The number of carboxylic acid groups (broad SMARTS) is 1. The minimum Gasteiger partial charge on any atom is -0.490 e. The van der Waals surface area contributed by atoms with E-state index in [9.17, 15) is 29.8 Å². The van der Waals surface area contributed by atoms with E-state index in [4.69, 9.17) is 26.2 Å². The Hall–Kier alpha value is -3.73. The third kappa shape index (κ3) is 5.64. The Labute approximate surface area is 162 Å². The van der Waals surface area contributed by atoms with E-state index in [1.165, 1.54) is 38.5 Å². The summed E-state index contributed by atoms with van der Waals surface area (Å²) in [5.41, 5.74) is -0.705. The Bertz CT molecular complexity index is 855. The largest absolute Gasteiger partial charge is 0.490 e. The number of methoxy groups -OCH3 is 2. The van der Waals surface area contributed by atoms with E-state index in [1.807, 2.05) is 0 Å². The third-order valence-electron chi connectivity index (χ3n) is 3.23. The second-order valence-corrected chi connectivity index (χ2v) is 5.21. The maximum Gasteiger partial charge on any atom is 0.335 e. The van der Waals surface area contributed by atoms with Gasteiger partial charge < -0.3 is 14.6 Å². The van der Waals surface area contributed by atoms with Crippen molar-refractivity contribution in [3.8, 4) is 11.5 Å². The molecule has 0 saturated carbocycles. The first-order valence-corrected chi connectivity index (χ1v) is 7.58. The van der Waals surface area contributed by atoms with Crippen molar-refractivity contribution < 1.29 is 34.0 Å². The Morgan fingerprint density at radius 1 is 0.893 bits per heavy atom. The number of hydrogen-bond donors (Lipinski definition) is 1. The van der Waals surface area contributed by atoms with E-state index in [0.717, 1.165) is 12.1 Å². The van der Waals surface area contributed by atoms with Crippen LogP contribution in [0.2, 0.25) is 0 Å². The number of halogens is 1. The highest BCUT2D eigenvalue weighted by Gasteiger charge is 2.18. The van der Waals surface area contributed by atoms with Crippen molar-refractivity contribution in [3.63, 3.8) is 0 Å². The van der Waals surface area contributed by atoms with Crippen LogP contribution in [0.3, 0.4) is 0 Å². The maximum absolute atomic E-state index is 10.7. The molecule has 11 nitrogen and oxygen atoms in total. The highest BCUT2D eigenvalue weighted by molar-refractivity contribution is 6.67. The molecular formula is C16H13ClN2O9. The Balaban J connectivity index is 0.000000280. The van der Waals surface area contributed by atoms with Crippen molar-refractivity contribution in [1.29, 1.82) is 0 Å². The number of carbonyl (C=O) groups excluding carboxylic acids is 1. The second-order valence-electron chi connectivity index (χ2n) is 4.87. The first kappa shape index (κ1) is 22.3.